The van der Waals surface area contributed by atoms with Crippen LogP contribution < -0.4 is 0 Å². The Morgan fingerprint density at radius 3 is 2.26 bits per heavy atom. The second-order valence-corrected chi connectivity index (χ2v) is 9.41. The van der Waals surface area contributed by atoms with Crippen LogP contribution in [0.2, 0.25) is 0 Å². The number of aromatic nitrogens is 2. The molecular weight excluding hydrogens is 424 g/mol. The molecule has 2 heterocycles. The van der Waals surface area contributed by atoms with Crippen LogP contribution in [0.25, 0.3) is 55.2 Å². The smallest absolute Gasteiger partial charge is 0.0635 e. The van der Waals surface area contributed by atoms with Gasteiger partial charge >= 0.3 is 0 Å². The van der Waals surface area contributed by atoms with Crippen molar-refractivity contribution in [3.05, 3.63) is 133 Å². The van der Waals surface area contributed by atoms with Crippen LogP contribution in [0, 0.1) is 0 Å². The molecule has 0 bridgehead atoms. The minimum Gasteiger partial charge on any atom is -0.316 e. The number of benzene rings is 5. The molecule has 0 aliphatic heterocycles. The number of fused-ring (bicyclic) bond motifs is 8. The SMILES string of the molecule is c1ccc(-n2ccc3c2ccc2c4ccccc4n(-c4cccc5c4Cc4ccccc4-5)c23)cc1. The molecule has 0 N–H and O–H groups in total. The van der Waals surface area contributed by atoms with E-state index < -0.39 is 0 Å². The zero-order chi connectivity index (χ0) is 22.9. The van der Waals surface area contributed by atoms with Gasteiger partial charge in [-0.25, -0.2) is 0 Å². The second-order valence-electron chi connectivity index (χ2n) is 9.41. The maximum Gasteiger partial charge on any atom is 0.0635 e. The van der Waals surface area contributed by atoms with E-state index >= 15 is 0 Å². The van der Waals surface area contributed by atoms with Crippen LogP contribution in [-0.4, -0.2) is 9.13 Å². The summed E-state index contributed by atoms with van der Waals surface area (Å²) in [6, 6.07) is 41.9. The van der Waals surface area contributed by atoms with Crippen LogP contribution in [0.3, 0.4) is 0 Å². The summed E-state index contributed by atoms with van der Waals surface area (Å²) in [6.45, 7) is 0. The molecule has 2 aromatic heterocycles. The van der Waals surface area contributed by atoms with Crippen LogP contribution in [-0.2, 0) is 6.42 Å². The van der Waals surface area contributed by atoms with E-state index in [1.807, 2.05) is 0 Å². The third-order valence-corrected chi connectivity index (χ3v) is 7.60. The van der Waals surface area contributed by atoms with Crippen molar-refractivity contribution in [1.82, 2.24) is 9.13 Å². The Hall–Kier alpha value is -4.56. The first-order chi connectivity index (χ1) is 17.4. The summed E-state index contributed by atoms with van der Waals surface area (Å²) in [7, 11) is 0. The Bertz CT molecular complexity index is 1920. The molecule has 2 heteroatoms. The van der Waals surface area contributed by atoms with Gasteiger partial charge in [-0.1, -0.05) is 78.9 Å². The highest BCUT2D eigenvalue weighted by Crippen LogP contribution is 2.43. The van der Waals surface area contributed by atoms with Gasteiger partial charge in [-0.15, -0.1) is 0 Å². The summed E-state index contributed by atoms with van der Waals surface area (Å²) in [5, 5.41) is 3.87. The molecule has 1 aliphatic carbocycles. The van der Waals surface area contributed by atoms with Crippen molar-refractivity contribution in [1.29, 1.82) is 0 Å². The highest BCUT2D eigenvalue weighted by Gasteiger charge is 2.24. The zero-order valence-corrected chi connectivity index (χ0v) is 19.1. The lowest BCUT2D eigenvalue weighted by Crippen LogP contribution is -1.99. The Kier molecular flexibility index (Phi) is 3.75. The molecule has 0 spiro atoms. The molecule has 0 amide bonds. The summed E-state index contributed by atoms with van der Waals surface area (Å²) in [4.78, 5) is 0. The van der Waals surface area contributed by atoms with E-state index in [9.17, 15) is 0 Å². The lowest BCUT2D eigenvalue weighted by molar-refractivity contribution is 1.12. The predicted octanol–water partition coefficient (Wildman–Crippen LogP) is 8.30. The normalized spacial score (nSPS) is 12.5. The molecule has 0 atom stereocenters. The molecule has 5 aromatic carbocycles. The zero-order valence-electron chi connectivity index (χ0n) is 19.1. The molecule has 2 nitrogen and oxygen atoms in total. The van der Waals surface area contributed by atoms with Gasteiger partial charge in [0.1, 0.15) is 0 Å². The predicted molar refractivity (Wildman–Crippen MR) is 146 cm³/mol. The standard InChI is InChI=1S/C33H22N2/c1-2-10-23(11-3-1)34-20-19-28-30(34)18-17-27-26-13-6-7-15-31(26)35(33(27)28)32-16-8-14-25-24-12-5-4-9-22(24)21-29(25)32/h1-20H,21H2. The molecule has 164 valence electrons. The van der Waals surface area contributed by atoms with E-state index in [4.69, 9.17) is 0 Å². The van der Waals surface area contributed by atoms with Crippen molar-refractivity contribution in [2.24, 2.45) is 0 Å². The molecule has 1 aliphatic rings. The summed E-state index contributed by atoms with van der Waals surface area (Å²) in [6.07, 6.45) is 3.17. The summed E-state index contributed by atoms with van der Waals surface area (Å²) in [5.41, 5.74) is 11.8. The number of hydrogen-bond acceptors (Lipinski definition) is 0. The second kappa shape index (κ2) is 6.97. The Labute approximate surface area is 203 Å². The largest absolute Gasteiger partial charge is 0.316 e. The van der Waals surface area contributed by atoms with Gasteiger partial charge in [-0.3, -0.25) is 0 Å². The van der Waals surface area contributed by atoms with Crippen LogP contribution in [0.1, 0.15) is 11.1 Å². The summed E-state index contributed by atoms with van der Waals surface area (Å²) in [5.74, 6) is 0. The average molecular weight is 447 g/mol. The van der Waals surface area contributed by atoms with Gasteiger partial charge in [0.15, 0.2) is 0 Å². The average Bonchev–Trinajstić information content (AvgIpc) is 3.61. The van der Waals surface area contributed by atoms with Gasteiger partial charge < -0.3 is 9.13 Å². The molecule has 0 saturated carbocycles. The maximum atomic E-state index is 2.51. The van der Waals surface area contributed by atoms with E-state index in [0.29, 0.717) is 0 Å². The quantitative estimate of drug-likeness (QED) is 0.253. The third kappa shape index (κ3) is 2.54. The number of hydrogen-bond donors (Lipinski definition) is 0. The monoisotopic (exact) mass is 446 g/mol. The highest BCUT2D eigenvalue weighted by molar-refractivity contribution is 6.18. The van der Waals surface area contributed by atoms with Gasteiger partial charge in [-0.05, 0) is 58.7 Å². The van der Waals surface area contributed by atoms with E-state index in [2.05, 4.69) is 131 Å². The number of para-hydroxylation sites is 2. The lowest BCUT2D eigenvalue weighted by atomic mass is 10.0. The van der Waals surface area contributed by atoms with Crippen molar-refractivity contribution in [2.75, 3.05) is 0 Å². The Balaban J connectivity index is 1.49. The molecule has 0 unspecified atom stereocenters. The minimum atomic E-state index is 0.969. The first-order valence-corrected chi connectivity index (χ1v) is 12.2. The molecule has 0 saturated heterocycles. The van der Waals surface area contributed by atoms with Crippen molar-refractivity contribution >= 4 is 32.7 Å². The fraction of sp³-hybridized carbons (Fsp3) is 0.0303. The van der Waals surface area contributed by atoms with E-state index in [-0.39, 0.29) is 0 Å². The van der Waals surface area contributed by atoms with Gasteiger partial charge in [0.2, 0.25) is 0 Å². The van der Waals surface area contributed by atoms with Crippen LogP contribution in [0.15, 0.2) is 121 Å². The van der Waals surface area contributed by atoms with Crippen LogP contribution >= 0.6 is 0 Å². The Morgan fingerprint density at radius 1 is 0.514 bits per heavy atom. The number of nitrogens with zero attached hydrogens (tertiary/aromatic N) is 2. The van der Waals surface area contributed by atoms with E-state index in [1.165, 1.54) is 66.3 Å². The minimum absolute atomic E-state index is 0.969. The van der Waals surface area contributed by atoms with Crippen molar-refractivity contribution < 1.29 is 0 Å². The van der Waals surface area contributed by atoms with Gasteiger partial charge in [0.25, 0.3) is 0 Å². The fourth-order valence-corrected chi connectivity index (χ4v) is 6.09. The topological polar surface area (TPSA) is 9.86 Å². The molecule has 8 rings (SSSR count). The van der Waals surface area contributed by atoms with Crippen molar-refractivity contribution in [2.45, 2.75) is 6.42 Å². The molecular formula is C33H22N2. The van der Waals surface area contributed by atoms with E-state index in [0.717, 1.165) is 6.42 Å². The fourth-order valence-electron chi connectivity index (χ4n) is 6.09. The van der Waals surface area contributed by atoms with Crippen molar-refractivity contribution in [3.8, 4) is 22.5 Å². The third-order valence-electron chi connectivity index (χ3n) is 7.60. The Morgan fingerprint density at radius 2 is 1.31 bits per heavy atom. The summed E-state index contributed by atoms with van der Waals surface area (Å²) >= 11 is 0. The highest BCUT2D eigenvalue weighted by atomic mass is 15.0. The van der Waals surface area contributed by atoms with Gasteiger partial charge in [0, 0.05) is 34.5 Å². The first kappa shape index (κ1) is 18.8. The molecule has 0 fully saturated rings. The lowest BCUT2D eigenvalue weighted by Gasteiger charge is -2.14. The molecule has 35 heavy (non-hydrogen) atoms. The molecule has 7 aromatic rings. The van der Waals surface area contributed by atoms with Crippen LogP contribution in [0.5, 0.6) is 0 Å². The maximum absolute atomic E-state index is 2.51. The number of rotatable bonds is 2. The van der Waals surface area contributed by atoms with Gasteiger partial charge in [0.05, 0.1) is 22.2 Å². The first-order valence-electron chi connectivity index (χ1n) is 12.2. The summed E-state index contributed by atoms with van der Waals surface area (Å²) < 4.78 is 4.80. The van der Waals surface area contributed by atoms with Gasteiger partial charge in [-0.2, -0.15) is 0 Å². The molecule has 0 radical (unpaired) electrons. The van der Waals surface area contributed by atoms with Crippen LogP contribution in [0.4, 0.5) is 0 Å². The van der Waals surface area contributed by atoms with Crippen molar-refractivity contribution in [3.63, 3.8) is 0 Å². The van der Waals surface area contributed by atoms with E-state index in [1.54, 1.807) is 0 Å².